The molecule has 90 valence electrons. The molecule has 1 rings (SSSR count). The first kappa shape index (κ1) is 12.9. The number of piperidine rings is 1. The molecular formula is C12H21N3O. The molecule has 0 aromatic rings. The molecule has 0 spiro atoms. The standard InChI is InChI=1S/C12H21N3O/c1-13-11-6-4-9-15(10-11)12(16)7-5-8-14(2)3/h5,7,11H,1,4,6,8-10H2,2-3H3/b7-5+. The van der Waals surface area contributed by atoms with E-state index in [0.717, 1.165) is 25.9 Å². The van der Waals surface area contributed by atoms with Crippen LogP contribution < -0.4 is 0 Å². The number of amides is 1. The summed E-state index contributed by atoms with van der Waals surface area (Å²) >= 11 is 0. The Kier molecular flexibility index (Phi) is 5.19. The molecule has 0 radical (unpaired) electrons. The number of carbonyl (C=O) groups is 1. The van der Waals surface area contributed by atoms with E-state index in [9.17, 15) is 4.79 Å². The van der Waals surface area contributed by atoms with E-state index < -0.39 is 0 Å². The highest BCUT2D eigenvalue weighted by atomic mass is 16.2. The lowest BCUT2D eigenvalue weighted by molar-refractivity contribution is -0.127. The van der Waals surface area contributed by atoms with Crippen molar-refractivity contribution in [2.75, 3.05) is 33.7 Å². The van der Waals surface area contributed by atoms with Crippen molar-refractivity contribution in [1.82, 2.24) is 9.80 Å². The maximum atomic E-state index is 11.8. The number of rotatable bonds is 4. The molecular weight excluding hydrogens is 202 g/mol. The van der Waals surface area contributed by atoms with Gasteiger partial charge >= 0.3 is 0 Å². The summed E-state index contributed by atoms with van der Waals surface area (Å²) in [6.45, 7) is 5.91. The number of hydrogen-bond donors (Lipinski definition) is 0. The van der Waals surface area contributed by atoms with Crippen LogP contribution in [0.5, 0.6) is 0 Å². The van der Waals surface area contributed by atoms with Gasteiger partial charge in [-0.05, 0) is 33.7 Å². The van der Waals surface area contributed by atoms with Crippen molar-refractivity contribution in [3.05, 3.63) is 12.2 Å². The number of likely N-dealkylation sites (N-methyl/N-ethyl adjacent to an activating group) is 1. The third-order valence-corrected chi connectivity index (χ3v) is 2.70. The van der Waals surface area contributed by atoms with E-state index in [0.29, 0.717) is 6.54 Å². The van der Waals surface area contributed by atoms with Gasteiger partial charge in [0.15, 0.2) is 0 Å². The van der Waals surface area contributed by atoms with Crippen molar-refractivity contribution >= 4 is 12.6 Å². The molecule has 0 aromatic heterocycles. The minimum absolute atomic E-state index is 0.0928. The quantitative estimate of drug-likeness (QED) is 0.522. The number of likely N-dealkylation sites (tertiary alicyclic amines) is 1. The molecule has 0 saturated carbocycles. The van der Waals surface area contributed by atoms with Crippen LogP contribution >= 0.6 is 0 Å². The lowest BCUT2D eigenvalue weighted by atomic mass is 10.1. The Morgan fingerprint density at radius 2 is 2.38 bits per heavy atom. The normalized spacial score (nSPS) is 21.7. The zero-order chi connectivity index (χ0) is 12.0. The van der Waals surface area contributed by atoms with Crippen molar-refractivity contribution in [3.63, 3.8) is 0 Å². The van der Waals surface area contributed by atoms with E-state index in [1.165, 1.54) is 0 Å². The van der Waals surface area contributed by atoms with Crippen LogP contribution in [0.25, 0.3) is 0 Å². The Bertz CT molecular complexity index is 273. The van der Waals surface area contributed by atoms with Crippen molar-refractivity contribution < 1.29 is 4.79 Å². The van der Waals surface area contributed by atoms with Gasteiger partial charge in [0.05, 0.1) is 6.04 Å². The highest BCUT2D eigenvalue weighted by molar-refractivity contribution is 5.87. The molecule has 1 heterocycles. The van der Waals surface area contributed by atoms with Crippen LogP contribution in [0.1, 0.15) is 12.8 Å². The topological polar surface area (TPSA) is 35.9 Å². The minimum atomic E-state index is 0.0928. The van der Waals surface area contributed by atoms with Gasteiger partial charge in [0.2, 0.25) is 5.91 Å². The van der Waals surface area contributed by atoms with Gasteiger partial charge in [0, 0.05) is 25.7 Å². The molecule has 0 aliphatic carbocycles. The number of hydrogen-bond acceptors (Lipinski definition) is 3. The molecule has 1 unspecified atom stereocenters. The van der Waals surface area contributed by atoms with Crippen molar-refractivity contribution in [1.29, 1.82) is 0 Å². The fourth-order valence-electron chi connectivity index (χ4n) is 1.77. The van der Waals surface area contributed by atoms with Gasteiger partial charge in [-0.3, -0.25) is 9.79 Å². The van der Waals surface area contributed by atoms with Crippen LogP contribution in [0.2, 0.25) is 0 Å². The Balaban J connectivity index is 2.41. The van der Waals surface area contributed by atoms with Gasteiger partial charge in [-0.1, -0.05) is 6.08 Å². The lowest BCUT2D eigenvalue weighted by Crippen LogP contribution is -2.40. The molecule has 16 heavy (non-hydrogen) atoms. The molecule has 4 nitrogen and oxygen atoms in total. The summed E-state index contributed by atoms with van der Waals surface area (Å²) in [6.07, 6.45) is 5.63. The Hall–Kier alpha value is -1.16. The molecule has 0 N–H and O–H groups in total. The third kappa shape index (κ3) is 4.14. The van der Waals surface area contributed by atoms with Gasteiger partial charge in [0.1, 0.15) is 0 Å². The highest BCUT2D eigenvalue weighted by Crippen LogP contribution is 2.12. The zero-order valence-electron chi connectivity index (χ0n) is 10.2. The van der Waals surface area contributed by atoms with E-state index in [1.54, 1.807) is 6.08 Å². The van der Waals surface area contributed by atoms with Crippen LogP contribution in [0, 0.1) is 0 Å². The molecule has 0 aromatic carbocycles. The largest absolute Gasteiger partial charge is 0.337 e. The summed E-state index contributed by atoms with van der Waals surface area (Å²) < 4.78 is 0. The van der Waals surface area contributed by atoms with Crippen LogP contribution in [0.15, 0.2) is 17.1 Å². The first-order valence-electron chi connectivity index (χ1n) is 5.69. The van der Waals surface area contributed by atoms with E-state index in [-0.39, 0.29) is 11.9 Å². The SMILES string of the molecule is C=NC1CCCN(C(=O)/C=C/CN(C)C)C1. The van der Waals surface area contributed by atoms with Crippen LogP contribution in [-0.4, -0.2) is 62.2 Å². The summed E-state index contributed by atoms with van der Waals surface area (Å²) in [5, 5.41) is 0. The van der Waals surface area contributed by atoms with Gasteiger partial charge in [-0.2, -0.15) is 0 Å². The average molecular weight is 223 g/mol. The van der Waals surface area contributed by atoms with Gasteiger partial charge in [-0.25, -0.2) is 0 Å². The predicted octanol–water partition coefficient (Wildman–Crippen LogP) is 0.796. The lowest BCUT2D eigenvalue weighted by Gasteiger charge is -2.29. The van der Waals surface area contributed by atoms with Gasteiger partial charge in [0.25, 0.3) is 0 Å². The first-order valence-corrected chi connectivity index (χ1v) is 5.69. The monoisotopic (exact) mass is 223 g/mol. The maximum Gasteiger partial charge on any atom is 0.246 e. The number of nitrogens with zero attached hydrogens (tertiary/aromatic N) is 3. The molecule has 1 atom stereocenters. The second-order valence-electron chi connectivity index (χ2n) is 4.43. The third-order valence-electron chi connectivity index (χ3n) is 2.70. The summed E-state index contributed by atoms with van der Waals surface area (Å²) in [5.74, 6) is 0.0928. The second kappa shape index (κ2) is 6.43. The maximum absolute atomic E-state index is 11.8. The summed E-state index contributed by atoms with van der Waals surface area (Å²) in [7, 11) is 3.96. The molecule has 1 aliphatic rings. The fourth-order valence-corrected chi connectivity index (χ4v) is 1.77. The summed E-state index contributed by atoms with van der Waals surface area (Å²) in [4.78, 5) is 19.7. The molecule has 1 saturated heterocycles. The Labute approximate surface area is 97.6 Å². The molecule has 1 amide bonds. The van der Waals surface area contributed by atoms with Crippen LogP contribution in [0.3, 0.4) is 0 Å². The van der Waals surface area contributed by atoms with Gasteiger partial charge < -0.3 is 9.80 Å². The van der Waals surface area contributed by atoms with Crippen molar-refractivity contribution in [2.45, 2.75) is 18.9 Å². The fraction of sp³-hybridized carbons (Fsp3) is 0.667. The van der Waals surface area contributed by atoms with Crippen molar-refractivity contribution in [3.8, 4) is 0 Å². The predicted molar refractivity (Wildman–Crippen MR) is 66.8 cm³/mol. The second-order valence-corrected chi connectivity index (χ2v) is 4.43. The smallest absolute Gasteiger partial charge is 0.246 e. The molecule has 4 heteroatoms. The van der Waals surface area contributed by atoms with E-state index in [1.807, 2.05) is 30.0 Å². The first-order chi connectivity index (χ1) is 7.63. The molecule has 1 aliphatic heterocycles. The van der Waals surface area contributed by atoms with Crippen LogP contribution in [0.4, 0.5) is 0 Å². The average Bonchev–Trinajstić information content (AvgIpc) is 2.28. The van der Waals surface area contributed by atoms with E-state index >= 15 is 0 Å². The van der Waals surface area contributed by atoms with E-state index in [4.69, 9.17) is 0 Å². The minimum Gasteiger partial charge on any atom is -0.337 e. The molecule has 1 fully saturated rings. The summed E-state index contributed by atoms with van der Waals surface area (Å²) in [5.41, 5.74) is 0. The molecule has 0 bridgehead atoms. The Morgan fingerprint density at radius 1 is 1.62 bits per heavy atom. The van der Waals surface area contributed by atoms with Crippen molar-refractivity contribution in [2.24, 2.45) is 4.99 Å². The number of aliphatic imine (C=N–C) groups is 1. The highest BCUT2D eigenvalue weighted by Gasteiger charge is 2.20. The van der Waals surface area contributed by atoms with Gasteiger partial charge in [-0.15, -0.1) is 0 Å². The number of carbonyl (C=O) groups excluding carboxylic acids is 1. The summed E-state index contributed by atoms with van der Waals surface area (Å²) in [6, 6.07) is 0.222. The van der Waals surface area contributed by atoms with E-state index in [2.05, 4.69) is 11.7 Å². The Morgan fingerprint density at radius 3 is 3.00 bits per heavy atom. The van der Waals surface area contributed by atoms with Crippen LogP contribution in [-0.2, 0) is 4.79 Å². The zero-order valence-corrected chi connectivity index (χ0v) is 10.2.